The van der Waals surface area contributed by atoms with E-state index in [4.69, 9.17) is 5.41 Å². The summed E-state index contributed by atoms with van der Waals surface area (Å²) in [6.07, 6.45) is -0.495. The first kappa shape index (κ1) is 13.4. The van der Waals surface area contributed by atoms with Gasteiger partial charge < -0.3 is 22.4 Å². The summed E-state index contributed by atoms with van der Waals surface area (Å²) >= 11 is 1.54. The molecule has 88 valence electrons. The number of benzene rings is 1. The Morgan fingerprint density at radius 2 is 2.06 bits per heavy atom. The Balaban J connectivity index is 0.00000128. The second-order valence-corrected chi connectivity index (χ2v) is 4.61. The number of thioether (sulfide) groups is 1. The highest BCUT2D eigenvalue weighted by molar-refractivity contribution is 8.14. The van der Waals surface area contributed by atoms with Gasteiger partial charge in [-0.2, -0.15) is 0 Å². The van der Waals surface area contributed by atoms with Crippen molar-refractivity contribution in [2.75, 3.05) is 18.8 Å². The monoisotopic (exact) mass is 257 g/mol. The van der Waals surface area contributed by atoms with Crippen molar-refractivity contribution in [2.45, 2.75) is 6.10 Å². The molecule has 16 heavy (non-hydrogen) atoms. The summed E-state index contributed by atoms with van der Waals surface area (Å²) in [6, 6.07) is 9.60. The van der Waals surface area contributed by atoms with Gasteiger partial charge in [0.2, 0.25) is 0 Å². The Kier molecular flexibility index (Phi) is 5.12. The van der Waals surface area contributed by atoms with Crippen LogP contribution >= 0.6 is 11.8 Å². The van der Waals surface area contributed by atoms with Crippen molar-refractivity contribution in [3.8, 4) is 0 Å². The van der Waals surface area contributed by atoms with Crippen LogP contribution < -0.4 is 12.4 Å². The molecule has 5 heteroatoms. The highest BCUT2D eigenvalue weighted by Gasteiger charge is 2.20. The fourth-order valence-corrected chi connectivity index (χ4v) is 2.46. The van der Waals surface area contributed by atoms with Crippen LogP contribution in [-0.2, 0) is 0 Å². The molecular formula is C11H14ClN2OS-. The van der Waals surface area contributed by atoms with Crippen LogP contribution in [0.25, 0.3) is 0 Å². The predicted molar refractivity (Wildman–Crippen MR) is 63.2 cm³/mol. The summed E-state index contributed by atoms with van der Waals surface area (Å²) in [5, 5.41) is 18.2. The quantitative estimate of drug-likeness (QED) is 0.708. The number of hydrogen-bond acceptors (Lipinski definition) is 3. The van der Waals surface area contributed by atoms with Crippen molar-refractivity contribution in [2.24, 2.45) is 0 Å². The molecule has 0 aromatic heterocycles. The molecule has 1 saturated heterocycles. The van der Waals surface area contributed by atoms with E-state index < -0.39 is 6.10 Å². The van der Waals surface area contributed by atoms with Crippen molar-refractivity contribution in [3.05, 3.63) is 35.9 Å². The average Bonchev–Trinajstić information content (AvgIpc) is 2.66. The molecule has 0 saturated carbocycles. The van der Waals surface area contributed by atoms with E-state index in [1.807, 2.05) is 35.2 Å². The van der Waals surface area contributed by atoms with Crippen LogP contribution in [0.2, 0.25) is 0 Å². The summed E-state index contributed by atoms with van der Waals surface area (Å²) in [4.78, 5) is 1.92. The van der Waals surface area contributed by atoms with Crippen molar-refractivity contribution >= 4 is 16.9 Å². The van der Waals surface area contributed by atoms with E-state index in [2.05, 4.69) is 0 Å². The molecule has 1 aliphatic heterocycles. The van der Waals surface area contributed by atoms with Gasteiger partial charge in [-0.1, -0.05) is 42.1 Å². The molecule has 0 radical (unpaired) electrons. The molecule has 0 bridgehead atoms. The van der Waals surface area contributed by atoms with Gasteiger partial charge in [-0.3, -0.25) is 5.41 Å². The number of aliphatic hydroxyl groups excluding tert-OH is 1. The highest BCUT2D eigenvalue weighted by atomic mass is 35.5. The summed E-state index contributed by atoms with van der Waals surface area (Å²) in [7, 11) is 0. The largest absolute Gasteiger partial charge is 1.00 e. The molecule has 1 aromatic carbocycles. The maximum Gasteiger partial charge on any atom is 0.156 e. The SMILES string of the molecule is N=C1SCCN1CC(O)c1ccccc1.[Cl-]. The van der Waals surface area contributed by atoms with Crippen LogP contribution in [0.5, 0.6) is 0 Å². The van der Waals surface area contributed by atoms with Gasteiger partial charge >= 0.3 is 0 Å². The fraction of sp³-hybridized carbons (Fsp3) is 0.364. The number of nitrogens with one attached hydrogen (secondary N) is 1. The zero-order valence-electron chi connectivity index (χ0n) is 8.77. The number of halogens is 1. The number of β-amino-alcohol motifs (C(OH)–C–C–N with tert-alkyl or cyclic N) is 1. The average molecular weight is 258 g/mol. The van der Waals surface area contributed by atoms with E-state index in [1.165, 1.54) is 0 Å². The van der Waals surface area contributed by atoms with Gasteiger partial charge in [0.25, 0.3) is 0 Å². The summed E-state index contributed by atoms with van der Waals surface area (Å²) in [6.45, 7) is 1.39. The Morgan fingerprint density at radius 1 is 1.38 bits per heavy atom. The lowest BCUT2D eigenvalue weighted by atomic mass is 10.1. The Labute approximate surface area is 106 Å². The van der Waals surface area contributed by atoms with Gasteiger partial charge in [0.05, 0.1) is 6.10 Å². The summed E-state index contributed by atoms with van der Waals surface area (Å²) in [5.74, 6) is 0.959. The van der Waals surface area contributed by atoms with Crippen LogP contribution in [0.3, 0.4) is 0 Å². The first-order chi connectivity index (χ1) is 7.27. The van der Waals surface area contributed by atoms with Crippen LogP contribution in [0, 0.1) is 5.41 Å². The normalized spacial score (nSPS) is 17.1. The highest BCUT2D eigenvalue weighted by Crippen LogP contribution is 2.20. The Hall–Kier alpha value is -0.710. The number of amidine groups is 1. The number of nitrogens with zero attached hydrogens (tertiary/aromatic N) is 1. The molecule has 3 nitrogen and oxygen atoms in total. The van der Waals surface area contributed by atoms with Gasteiger partial charge in [0.15, 0.2) is 5.17 Å². The maximum absolute atomic E-state index is 9.95. The number of aliphatic hydroxyl groups is 1. The lowest BCUT2D eigenvalue weighted by molar-refractivity contribution is -0.00000489. The van der Waals surface area contributed by atoms with Crippen molar-refractivity contribution in [1.82, 2.24) is 4.90 Å². The van der Waals surface area contributed by atoms with Crippen molar-refractivity contribution in [3.63, 3.8) is 0 Å². The molecule has 1 atom stereocenters. The van der Waals surface area contributed by atoms with Crippen LogP contribution in [0.4, 0.5) is 0 Å². The van der Waals surface area contributed by atoms with E-state index in [0.717, 1.165) is 17.9 Å². The third-order valence-corrected chi connectivity index (χ3v) is 3.38. The fourth-order valence-electron chi connectivity index (χ4n) is 1.61. The molecule has 0 spiro atoms. The van der Waals surface area contributed by atoms with E-state index in [-0.39, 0.29) is 12.4 Å². The molecule has 2 rings (SSSR count). The molecular weight excluding hydrogens is 244 g/mol. The number of hydrogen-bond donors (Lipinski definition) is 2. The zero-order valence-corrected chi connectivity index (χ0v) is 10.3. The molecule has 1 heterocycles. The second kappa shape index (κ2) is 6.13. The predicted octanol–water partition coefficient (Wildman–Crippen LogP) is -1.29. The summed E-state index contributed by atoms with van der Waals surface area (Å²) < 4.78 is 0. The van der Waals surface area contributed by atoms with E-state index in [1.54, 1.807) is 11.8 Å². The molecule has 1 unspecified atom stereocenters. The lowest BCUT2D eigenvalue weighted by Crippen LogP contribution is -3.00. The zero-order chi connectivity index (χ0) is 10.7. The molecule has 1 fully saturated rings. The maximum atomic E-state index is 9.95. The smallest absolute Gasteiger partial charge is 0.156 e. The molecule has 0 amide bonds. The third-order valence-electron chi connectivity index (χ3n) is 2.46. The summed E-state index contributed by atoms with van der Waals surface area (Å²) in [5.41, 5.74) is 0.919. The van der Waals surface area contributed by atoms with Gasteiger partial charge in [0, 0.05) is 18.8 Å². The van der Waals surface area contributed by atoms with E-state index in [0.29, 0.717) is 11.7 Å². The van der Waals surface area contributed by atoms with Gasteiger partial charge in [-0.05, 0) is 5.56 Å². The Morgan fingerprint density at radius 3 is 2.62 bits per heavy atom. The minimum Gasteiger partial charge on any atom is -1.00 e. The Bertz CT molecular complexity index is 347. The first-order valence-electron chi connectivity index (χ1n) is 4.96. The van der Waals surface area contributed by atoms with Gasteiger partial charge in [-0.15, -0.1) is 0 Å². The van der Waals surface area contributed by atoms with E-state index >= 15 is 0 Å². The molecule has 1 aromatic rings. The molecule has 2 N–H and O–H groups in total. The van der Waals surface area contributed by atoms with Crippen LogP contribution in [0.1, 0.15) is 11.7 Å². The van der Waals surface area contributed by atoms with Crippen LogP contribution in [0.15, 0.2) is 30.3 Å². The lowest BCUT2D eigenvalue weighted by Gasteiger charge is -2.20. The molecule has 0 aliphatic carbocycles. The molecule has 1 aliphatic rings. The number of rotatable bonds is 3. The van der Waals surface area contributed by atoms with Crippen molar-refractivity contribution < 1.29 is 17.5 Å². The minimum absolute atomic E-state index is 0. The second-order valence-electron chi connectivity index (χ2n) is 3.53. The first-order valence-corrected chi connectivity index (χ1v) is 5.95. The minimum atomic E-state index is -0.495. The third kappa shape index (κ3) is 3.14. The van der Waals surface area contributed by atoms with Crippen molar-refractivity contribution in [1.29, 1.82) is 5.41 Å². The topological polar surface area (TPSA) is 47.3 Å². The standard InChI is InChI=1S/C11H14N2OS.ClH/c12-11-13(6-7-15-11)8-10(14)9-4-2-1-3-5-9;/h1-5,10,12,14H,6-8H2;1H/p-1. The van der Waals surface area contributed by atoms with Gasteiger partial charge in [-0.25, -0.2) is 0 Å². The van der Waals surface area contributed by atoms with Gasteiger partial charge in [0.1, 0.15) is 0 Å². The van der Waals surface area contributed by atoms with Crippen LogP contribution in [-0.4, -0.2) is 34.0 Å². The van der Waals surface area contributed by atoms with E-state index in [9.17, 15) is 5.11 Å².